The van der Waals surface area contributed by atoms with Crippen LogP contribution < -0.4 is 0 Å². The van der Waals surface area contributed by atoms with Crippen LogP contribution in [0.1, 0.15) is 22.6 Å². The quantitative estimate of drug-likeness (QED) is 0.804. The van der Waals surface area contributed by atoms with Gasteiger partial charge in [-0.15, -0.1) is 0 Å². The minimum atomic E-state index is -0.403. The number of carbonyl (C=O) groups is 1. The molecule has 2 aromatic rings. The Morgan fingerprint density at radius 1 is 1.25 bits per heavy atom. The highest BCUT2D eigenvalue weighted by atomic mass is 35.5. The highest BCUT2D eigenvalue weighted by Gasteiger charge is 2.14. The zero-order valence-electron chi connectivity index (χ0n) is 11.1. The summed E-state index contributed by atoms with van der Waals surface area (Å²) in [7, 11) is 0. The van der Waals surface area contributed by atoms with Gasteiger partial charge in [-0.05, 0) is 26.0 Å². The monoisotopic (exact) mass is 313 g/mol. The second kappa shape index (κ2) is 6.29. The van der Waals surface area contributed by atoms with Gasteiger partial charge in [0.25, 0.3) is 0 Å². The number of carbonyl (C=O) groups excluding carboxylic acids is 1. The summed E-state index contributed by atoms with van der Waals surface area (Å²) < 4.78 is 10.2. The van der Waals surface area contributed by atoms with Crippen molar-refractivity contribution in [3.8, 4) is 0 Å². The predicted molar refractivity (Wildman–Crippen MR) is 75.9 cm³/mol. The molecule has 1 aromatic heterocycles. The normalized spacial score (nSPS) is 10.6. The maximum atomic E-state index is 11.8. The van der Waals surface area contributed by atoms with E-state index in [0.29, 0.717) is 27.1 Å². The Bertz CT molecular complexity index is 598. The largest absolute Gasteiger partial charge is 0.460 e. The van der Waals surface area contributed by atoms with Crippen LogP contribution in [0.25, 0.3) is 0 Å². The standard InChI is InChI=1S/C14H13Cl2NO3/c1-8-11(9(2)20-17-8)7-19-14(18)6-10-12(15)4-3-5-13(10)16/h3-5H,6-7H2,1-2H3. The first kappa shape index (κ1) is 14.9. The van der Waals surface area contributed by atoms with E-state index in [4.69, 9.17) is 32.5 Å². The summed E-state index contributed by atoms with van der Waals surface area (Å²) in [6.45, 7) is 3.70. The molecule has 0 fully saturated rings. The molecule has 4 nitrogen and oxygen atoms in total. The van der Waals surface area contributed by atoms with Crippen LogP contribution in [0.15, 0.2) is 22.7 Å². The number of nitrogens with zero attached hydrogens (tertiary/aromatic N) is 1. The Hall–Kier alpha value is -1.52. The van der Waals surface area contributed by atoms with E-state index < -0.39 is 5.97 Å². The van der Waals surface area contributed by atoms with E-state index in [0.717, 1.165) is 5.56 Å². The Morgan fingerprint density at radius 2 is 1.90 bits per heavy atom. The van der Waals surface area contributed by atoms with Crippen molar-refractivity contribution in [2.75, 3.05) is 0 Å². The van der Waals surface area contributed by atoms with Crippen molar-refractivity contribution in [2.24, 2.45) is 0 Å². The van der Waals surface area contributed by atoms with Crippen molar-refractivity contribution < 1.29 is 14.1 Å². The number of benzene rings is 1. The van der Waals surface area contributed by atoms with E-state index in [1.54, 1.807) is 32.0 Å². The number of hydrogen-bond acceptors (Lipinski definition) is 4. The molecule has 0 amide bonds. The average Bonchev–Trinajstić information content (AvgIpc) is 2.71. The Kier molecular flexibility index (Phi) is 4.68. The van der Waals surface area contributed by atoms with E-state index in [-0.39, 0.29) is 13.0 Å². The van der Waals surface area contributed by atoms with Gasteiger partial charge < -0.3 is 9.26 Å². The summed E-state index contributed by atoms with van der Waals surface area (Å²) >= 11 is 12.0. The topological polar surface area (TPSA) is 52.3 Å². The lowest BCUT2D eigenvalue weighted by Gasteiger charge is -2.07. The first-order valence-corrected chi connectivity index (χ1v) is 6.75. The highest BCUT2D eigenvalue weighted by Crippen LogP contribution is 2.25. The fraction of sp³-hybridized carbons (Fsp3) is 0.286. The van der Waals surface area contributed by atoms with Gasteiger partial charge in [0.2, 0.25) is 0 Å². The zero-order valence-corrected chi connectivity index (χ0v) is 12.6. The van der Waals surface area contributed by atoms with E-state index in [1.165, 1.54) is 0 Å². The number of ether oxygens (including phenoxy) is 1. The van der Waals surface area contributed by atoms with Crippen molar-refractivity contribution in [1.29, 1.82) is 0 Å². The third kappa shape index (κ3) is 3.32. The SMILES string of the molecule is Cc1noc(C)c1COC(=O)Cc1c(Cl)cccc1Cl. The van der Waals surface area contributed by atoms with Gasteiger partial charge >= 0.3 is 5.97 Å². The van der Waals surface area contributed by atoms with Gasteiger partial charge in [-0.3, -0.25) is 4.79 Å². The number of esters is 1. The molecule has 0 aliphatic rings. The second-order valence-corrected chi connectivity index (χ2v) is 5.15. The molecule has 6 heteroatoms. The molecule has 106 valence electrons. The number of hydrogen-bond donors (Lipinski definition) is 0. The van der Waals surface area contributed by atoms with Crippen LogP contribution in [-0.4, -0.2) is 11.1 Å². The number of halogens is 2. The summed E-state index contributed by atoms with van der Waals surface area (Å²) in [5, 5.41) is 4.70. The van der Waals surface area contributed by atoms with Crippen LogP contribution >= 0.6 is 23.2 Å². The summed E-state index contributed by atoms with van der Waals surface area (Å²) in [6, 6.07) is 5.10. The van der Waals surface area contributed by atoms with Crippen LogP contribution in [-0.2, 0) is 22.6 Å². The van der Waals surface area contributed by atoms with Crippen LogP contribution in [0.5, 0.6) is 0 Å². The van der Waals surface area contributed by atoms with Crippen LogP contribution in [0.4, 0.5) is 0 Å². The number of aryl methyl sites for hydroxylation is 2. The lowest BCUT2D eigenvalue weighted by molar-refractivity contribution is -0.144. The average molecular weight is 314 g/mol. The summed E-state index contributed by atoms with van der Waals surface area (Å²) in [5.41, 5.74) is 2.06. The third-order valence-corrected chi connectivity index (χ3v) is 3.65. The van der Waals surface area contributed by atoms with E-state index in [1.807, 2.05) is 0 Å². The molecule has 0 spiro atoms. The summed E-state index contributed by atoms with van der Waals surface area (Å²) in [4.78, 5) is 11.8. The lowest BCUT2D eigenvalue weighted by atomic mass is 10.1. The molecule has 0 N–H and O–H groups in total. The zero-order chi connectivity index (χ0) is 14.7. The van der Waals surface area contributed by atoms with Crippen LogP contribution in [0, 0.1) is 13.8 Å². The van der Waals surface area contributed by atoms with Crippen molar-refractivity contribution in [3.63, 3.8) is 0 Å². The fourth-order valence-corrected chi connectivity index (χ4v) is 2.29. The fourth-order valence-electron chi connectivity index (χ4n) is 1.76. The van der Waals surface area contributed by atoms with Gasteiger partial charge in [0.1, 0.15) is 12.4 Å². The third-order valence-electron chi connectivity index (χ3n) is 2.94. The smallest absolute Gasteiger partial charge is 0.310 e. The Balaban J connectivity index is 2.00. The Labute approximate surface area is 126 Å². The Morgan fingerprint density at radius 3 is 2.45 bits per heavy atom. The van der Waals surface area contributed by atoms with E-state index in [9.17, 15) is 4.79 Å². The summed E-state index contributed by atoms with van der Waals surface area (Å²) in [6.07, 6.45) is 0.0296. The second-order valence-electron chi connectivity index (χ2n) is 4.34. The lowest BCUT2D eigenvalue weighted by Crippen LogP contribution is -2.09. The van der Waals surface area contributed by atoms with E-state index in [2.05, 4.69) is 5.16 Å². The molecular weight excluding hydrogens is 301 g/mol. The first-order chi connectivity index (χ1) is 9.49. The molecule has 0 atom stereocenters. The van der Waals surface area contributed by atoms with E-state index >= 15 is 0 Å². The minimum Gasteiger partial charge on any atom is -0.460 e. The molecule has 0 radical (unpaired) electrons. The molecular formula is C14H13Cl2NO3. The van der Waals surface area contributed by atoms with Crippen molar-refractivity contribution in [3.05, 3.63) is 50.8 Å². The molecule has 1 heterocycles. The number of rotatable bonds is 4. The number of aromatic nitrogens is 1. The predicted octanol–water partition coefficient (Wildman–Crippen LogP) is 3.88. The minimum absolute atomic E-state index is 0.0296. The molecule has 0 unspecified atom stereocenters. The molecule has 20 heavy (non-hydrogen) atoms. The molecule has 2 rings (SSSR count). The van der Waals surface area contributed by atoms with Crippen molar-refractivity contribution >= 4 is 29.2 Å². The van der Waals surface area contributed by atoms with Crippen LogP contribution in [0.2, 0.25) is 10.0 Å². The van der Waals surface area contributed by atoms with Gasteiger partial charge in [-0.2, -0.15) is 0 Å². The highest BCUT2D eigenvalue weighted by molar-refractivity contribution is 6.36. The molecule has 0 aliphatic carbocycles. The first-order valence-electron chi connectivity index (χ1n) is 5.99. The molecule has 0 saturated heterocycles. The molecule has 0 saturated carbocycles. The van der Waals surface area contributed by atoms with Gasteiger partial charge in [0, 0.05) is 15.6 Å². The van der Waals surface area contributed by atoms with Gasteiger partial charge in [-0.1, -0.05) is 34.4 Å². The van der Waals surface area contributed by atoms with Crippen LogP contribution in [0.3, 0.4) is 0 Å². The molecule has 0 bridgehead atoms. The molecule has 1 aromatic carbocycles. The maximum absolute atomic E-state index is 11.8. The van der Waals surface area contributed by atoms with Crippen molar-refractivity contribution in [2.45, 2.75) is 26.9 Å². The molecule has 0 aliphatic heterocycles. The van der Waals surface area contributed by atoms with Gasteiger partial charge in [0.05, 0.1) is 17.7 Å². The summed E-state index contributed by atoms with van der Waals surface area (Å²) in [5.74, 6) is 0.242. The van der Waals surface area contributed by atoms with Gasteiger partial charge in [0.15, 0.2) is 0 Å². The van der Waals surface area contributed by atoms with Crippen molar-refractivity contribution in [1.82, 2.24) is 5.16 Å². The maximum Gasteiger partial charge on any atom is 0.310 e. The van der Waals surface area contributed by atoms with Gasteiger partial charge in [-0.25, -0.2) is 0 Å².